The van der Waals surface area contributed by atoms with Crippen LogP contribution in [0.15, 0.2) is 48.5 Å². The molecule has 6 nitrogen and oxygen atoms in total. The van der Waals surface area contributed by atoms with Crippen molar-refractivity contribution in [1.29, 1.82) is 0 Å². The minimum atomic E-state index is -0.217. The van der Waals surface area contributed by atoms with E-state index in [1.54, 1.807) is 24.3 Å². The van der Waals surface area contributed by atoms with Crippen molar-refractivity contribution in [3.8, 4) is 11.5 Å². The standard InChI is InChI=1S/C22H23ClN2O4/c1-15-3-2-4-18(9-15)29-11-20(27)25-22-12-21(13-22,14-22)24-19(26)10-28-17-7-5-16(23)6-8-17/h2-9H,10-14H2,1H3,(H,24,26)(H,25,27). The zero-order valence-electron chi connectivity index (χ0n) is 16.2. The van der Waals surface area contributed by atoms with Gasteiger partial charge in [-0.25, -0.2) is 0 Å². The number of carbonyl (C=O) groups excluding carboxylic acids is 2. The lowest BCUT2D eigenvalue weighted by atomic mass is 9.44. The number of halogens is 1. The van der Waals surface area contributed by atoms with Crippen molar-refractivity contribution in [2.24, 2.45) is 0 Å². The average Bonchev–Trinajstić information content (AvgIpc) is 2.63. The minimum Gasteiger partial charge on any atom is -0.484 e. The first kappa shape index (κ1) is 19.6. The number of aryl methyl sites for hydroxylation is 1. The molecule has 3 aliphatic carbocycles. The zero-order chi connectivity index (χ0) is 20.5. The Balaban J connectivity index is 1.16. The van der Waals surface area contributed by atoms with E-state index in [-0.39, 0.29) is 36.1 Å². The van der Waals surface area contributed by atoms with E-state index in [1.165, 1.54) is 0 Å². The van der Waals surface area contributed by atoms with Gasteiger partial charge in [-0.15, -0.1) is 0 Å². The molecule has 29 heavy (non-hydrogen) atoms. The summed E-state index contributed by atoms with van der Waals surface area (Å²) in [6.45, 7) is 1.91. The van der Waals surface area contributed by atoms with Crippen molar-refractivity contribution in [3.63, 3.8) is 0 Å². The van der Waals surface area contributed by atoms with E-state index in [0.29, 0.717) is 16.5 Å². The summed E-state index contributed by atoms with van der Waals surface area (Å²) in [6.07, 6.45) is 2.22. The summed E-state index contributed by atoms with van der Waals surface area (Å²) >= 11 is 5.83. The lowest BCUT2D eigenvalue weighted by Crippen LogP contribution is -2.84. The summed E-state index contributed by atoms with van der Waals surface area (Å²) in [4.78, 5) is 24.4. The smallest absolute Gasteiger partial charge is 0.258 e. The van der Waals surface area contributed by atoms with E-state index in [4.69, 9.17) is 21.1 Å². The summed E-state index contributed by atoms with van der Waals surface area (Å²) in [5.41, 5.74) is 0.655. The number of hydrogen-bond acceptors (Lipinski definition) is 4. The number of hydrogen-bond donors (Lipinski definition) is 2. The van der Waals surface area contributed by atoms with Gasteiger partial charge in [-0.05, 0) is 68.1 Å². The maximum absolute atomic E-state index is 12.2. The topological polar surface area (TPSA) is 76.7 Å². The highest BCUT2D eigenvalue weighted by Crippen LogP contribution is 2.60. The number of nitrogens with one attached hydrogen (secondary N) is 2. The van der Waals surface area contributed by atoms with Gasteiger partial charge >= 0.3 is 0 Å². The molecule has 2 amide bonds. The van der Waals surface area contributed by atoms with E-state index in [9.17, 15) is 9.59 Å². The van der Waals surface area contributed by atoms with Crippen molar-refractivity contribution in [2.75, 3.05) is 13.2 Å². The minimum absolute atomic E-state index is 0.0144. The number of ether oxygens (including phenoxy) is 2. The van der Waals surface area contributed by atoms with E-state index in [1.807, 2.05) is 31.2 Å². The summed E-state index contributed by atoms with van der Waals surface area (Å²) in [6, 6.07) is 14.5. The first-order valence-corrected chi connectivity index (χ1v) is 9.93. The van der Waals surface area contributed by atoms with Crippen molar-refractivity contribution in [1.82, 2.24) is 10.6 Å². The van der Waals surface area contributed by atoms with Gasteiger partial charge < -0.3 is 20.1 Å². The lowest BCUT2D eigenvalue weighted by molar-refractivity contribution is -0.151. The predicted molar refractivity (Wildman–Crippen MR) is 109 cm³/mol. The van der Waals surface area contributed by atoms with E-state index < -0.39 is 0 Å². The van der Waals surface area contributed by atoms with Crippen LogP contribution in [-0.4, -0.2) is 36.1 Å². The molecule has 0 spiro atoms. The highest BCUT2D eigenvalue weighted by Gasteiger charge is 2.69. The fourth-order valence-electron chi connectivity index (χ4n) is 4.25. The molecule has 0 aromatic heterocycles. The molecule has 0 atom stereocenters. The Bertz CT molecular complexity index is 909. The molecular formula is C22H23ClN2O4. The van der Waals surface area contributed by atoms with Gasteiger partial charge in [-0.3, -0.25) is 9.59 Å². The summed E-state index contributed by atoms with van der Waals surface area (Å²) < 4.78 is 11.0. The SMILES string of the molecule is Cc1cccc(OCC(=O)NC23CC(NC(=O)COc4ccc(Cl)cc4)(C2)C3)c1. The molecule has 2 aromatic rings. The van der Waals surface area contributed by atoms with Gasteiger partial charge in [0, 0.05) is 16.1 Å². The van der Waals surface area contributed by atoms with Crippen molar-refractivity contribution < 1.29 is 19.1 Å². The van der Waals surface area contributed by atoms with Gasteiger partial charge in [-0.2, -0.15) is 0 Å². The van der Waals surface area contributed by atoms with Crippen LogP contribution in [0.3, 0.4) is 0 Å². The summed E-state index contributed by atoms with van der Waals surface area (Å²) in [5, 5.41) is 6.69. The Labute approximate surface area is 174 Å². The van der Waals surface area contributed by atoms with Crippen LogP contribution in [0, 0.1) is 6.92 Å². The molecule has 2 N–H and O–H groups in total. The Kier molecular flexibility index (Phi) is 5.13. The molecule has 3 saturated carbocycles. The lowest BCUT2D eigenvalue weighted by Gasteiger charge is -2.70. The van der Waals surface area contributed by atoms with Crippen LogP contribution in [-0.2, 0) is 9.59 Å². The molecule has 3 fully saturated rings. The normalized spacial score (nSPS) is 23.9. The monoisotopic (exact) mass is 414 g/mol. The van der Waals surface area contributed by atoms with E-state index in [2.05, 4.69) is 10.6 Å². The highest BCUT2D eigenvalue weighted by molar-refractivity contribution is 6.30. The molecule has 0 unspecified atom stereocenters. The molecule has 0 radical (unpaired) electrons. The maximum atomic E-state index is 12.2. The van der Waals surface area contributed by atoms with E-state index >= 15 is 0 Å². The average molecular weight is 415 g/mol. The second-order valence-electron chi connectivity index (χ2n) is 8.04. The largest absolute Gasteiger partial charge is 0.484 e. The number of rotatable bonds is 8. The Morgan fingerprint density at radius 2 is 1.45 bits per heavy atom. The van der Waals surface area contributed by atoms with Gasteiger partial charge in [0.15, 0.2) is 13.2 Å². The van der Waals surface area contributed by atoms with Crippen LogP contribution in [0.25, 0.3) is 0 Å². The summed E-state index contributed by atoms with van der Waals surface area (Å²) in [5.74, 6) is 0.973. The Morgan fingerprint density at radius 1 is 0.897 bits per heavy atom. The van der Waals surface area contributed by atoms with Crippen LogP contribution in [0.5, 0.6) is 11.5 Å². The summed E-state index contributed by atoms with van der Waals surface area (Å²) in [7, 11) is 0. The van der Waals surface area contributed by atoms with Crippen LogP contribution >= 0.6 is 11.6 Å². The molecule has 0 heterocycles. The second kappa shape index (κ2) is 7.59. The van der Waals surface area contributed by atoms with Crippen molar-refractivity contribution >= 4 is 23.4 Å². The van der Waals surface area contributed by atoms with Gasteiger partial charge in [0.05, 0.1) is 0 Å². The first-order chi connectivity index (χ1) is 13.9. The fraction of sp³-hybridized carbons (Fsp3) is 0.364. The van der Waals surface area contributed by atoms with E-state index in [0.717, 1.165) is 24.8 Å². The Hall–Kier alpha value is -2.73. The van der Waals surface area contributed by atoms with Crippen LogP contribution in [0.2, 0.25) is 5.02 Å². The molecule has 5 rings (SSSR count). The molecular weight excluding hydrogens is 392 g/mol. The third-order valence-electron chi connectivity index (χ3n) is 5.38. The quantitative estimate of drug-likeness (QED) is 0.696. The van der Waals surface area contributed by atoms with Gasteiger partial charge in [0.2, 0.25) is 0 Å². The van der Waals surface area contributed by atoms with Gasteiger partial charge in [0.1, 0.15) is 11.5 Å². The molecule has 7 heteroatoms. The fourth-order valence-corrected chi connectivity index (χ4v) is 4.38. The predicted octanol–water partition coefficient (Wildman–Crippen LogP) is 3.01. The van der Waals surface area contributed by atoms with Crippen LogP contribution in [0.1, 0.15) is 24.8 Å². The molecule has 2 bridgehead atoms. The van der Waals surface area contributed by atoms with Crippen molar-refractivity contribution in [2.45, 2.75) is 37.3 Å². The highest BCUT2D eigenvalue weighted by atomic mass is 35.5. The molecule has 0 aliphatic heterocycles. The number of benzene rings is 2. The van der Waals surface area contributed by atoms with Gasteiger partial charge in [-0.1, -0.05) is 23.7 Å². The first-order valence-electron chi connectivity index (χ1n) is 9.55. The van der Waals surface area contributed by atoms with Crippen molar-refractivity contribution in [3.05, 3.63) is 59.1 Å². The van der Waals surface area contributed by atoms with Gasteiger partial charge in [0.25, 0.3) is 11.8 Å². The molecule has 3 aliphatic rings. The molecule has 2 aromatic carbocycles. The maximum Gasteiger partial charge on any atom is 0.258 e. The number of amides is 2. The van der Waals surface area contributed by atoms with Crippen LogP contribution < -0.4 is 20.1 Å². The third kappa shape index (κ3) is 4.48. The molecule has 152 valence electrons. The number of carbonyl (C=O) groups is 2. The Morgan fingerprint density at radius 3 is 2.00 bits per heavy atom. The molecule has 0 saturated heterocycles. The zero-order valence-corrected chi connectivity index (χ0v) is 16.9. The van der Waals surface area contributed by atoms with Crippen LogP contribution in [0.4, 0.5) is 0 Å². The third-order valence-corrected chi connectivity index (χ3v) is 5.63. The second-order valence-corrected chi connectivity index (χ2v) is 8.47.